The van der Waals surface area contributed by atoms with Crippen molar-refractivity contribution < 1.29 is 8.42 Å². The van der Waals surface area contributed by atoms with Gasteiger partial charge in [0, 0.05) is 30.7 Å². The lowest BCUT2D eigenvalue weighted by molar-refractivity contribution is 0.485. The number of benzene rings is 2. The third-order valence-corrected chi connectivity index (χ3v) is 7.57. The Morgan fingerprint density at radius 1 is 1.18 bits per heavy atom. The molecule has 4 rings (SSSR count). The minimum Gasteiger partial charge on any atom is -0.367 e. The summed E-state index contributed by atoms with van der Waals surface area (Å²) in [5, 5.41) is 3.86. The topological polar surface area (TPSA) is 67.2 Å². The molecule has 1 fully saturated rings. The van der Waals surface area contributed by atoms with Crippen molar-refractivity contribution in [2.75, 3.05) is 24.5 Å². The van der Waals surface area contributed by atoms with Gasteiger partial charge in [0.1, 0.15) is 11.3 Å². The SMILES string of the molecule is Cc1c(Cl)cccc1S(=O)(=O)n1c(C)nc2c(N3CCNC(C)C3)cccc21. The van der Waals surface area contributed by atoms with Crippen molar-refractivity contribution >= 4 is 38.3 Å². The Labute approximate surface area is 170 Å². The average molecular weight is 419 g/mol. The van der Waals surface area contributed by atoms with Crippen LogP contribution in [0, 0.1) is 13.8 Å². The molecule has 148 valence electrons. The van der Waals surface area contributed by atoms with Gasteiger partial charge in [-0.05, 0) is 50.6 Å². The van der Waals surface area contributed by atoms with Crippen LogP contribution in [0.4, 0.5) is 5.69 Å². The van der Waals surface area contributed by atoms with Crippen molar-refractivity contribution in [1.29, 1.82) is 0 Å². The Morgan fingerprint density at radius 3 is 2.68 bits per heavy atom. The molecule has 1 saturated heterocycles. The smallest absolute Gasteiger partial charge is 0.270 e. The number of hydrogen-bond donors (Lipinski definition) is 1. The zero-order chi connectivity index (χ0) is 20.1. The van der Waals surface area contributed by atoms with Gasteiger partial charge in [-0.3, -0.25) is 0 Å². The molecule has 2 aromatic carbocycles. The van der Waals surface area contributed by atoms with Crippen LogP contribution >= 0.6 is 11.6 Å². The molecular formula is C20H23ClN4O2S. The van der Waals surface area contributed by atoms with Gasteiger partial charge in [0.05, 0.1) is 16.1 Å². The minimum atomic E-state index is -3.83. The second-order valence-corrected chi connectivity index (χ2v) is 9.40. The molecule has 0 saturated carbocycles. The molecule has 0 radical (unpaired) electrons. The van der Waals surface area contributed by atoms with Crippen LogP contribution in [0.3, 0.4) is 0 Å². The van der Waals surface area contributed by atoms with Crippen molar-refractivity contribution in [1.82, 2.24) is 14.3 Å². The monoisotopic (exact) mass is 418 g/mol. The van der Waals surface area contributed by atoms with Crippen LogP contribution in [0.5, 0.6) is 0 Å². The van der Waals surface area contributed by atoms with Gasteiger partial charge in [0.2, 0.25) is 0 Å². The van der Waals surface area contributed by atoms with E-state index in [1.165, 1.54) is 3.97 Å². The van der Waals surface area contributed by atoms with E-state index in [-0.39, 0.29) is 4.90 Å². The van der Waals surface area contributed by atoms with Crippen LogP contribution in [-0.2, 0) is 10.0 Å². The quantitative estimate of drug-likeness (QED) is 0.706. The summed E-state index contributed by atoms with van der Waals surface area (Å²) in [5.74, 6) is 0.435. The fourth-order valence-corrected chi connectivity index (χ4v) is 5.82. The number of aromatic nitrogens is 2. The Kier molecular flexibility index (Phi) is 4.85. The number of nitrogens with one attached hydrogen (secondary N) is 1. The predicted molar refractivity (Wildman–Crippen MR) is 113 cm³/mol. The second kappa shape index (κ2) is 7.06. The van der Waals surface area contributed by atoms with E-state index in [4.69, 9.17) is 11.6 Å². The number of piperazine rings is 1. The Hall–Kier alpha value is -2.09. The number of aryl methyl sites for hydroxylation is 1. The summed E-state index contributed by atoms with van der Waals surface area (Å²) in [6.45, 7) is 8.18. The number of anilines is 1. The second-order valence-electron chi connectivity index (χ2n) is 7.24. The fraction of sp³-hybridized carbons (Fsp3) is 0.350. The van der Waals surface area contributed by atoms with Gasteiger partial charge in [0.25, 0.3) is 10.0 Å². The van der Waals surface area contributed by atoms with E-state index in [0.29, 0.717) is 33.5 Å². The first-order chi connectivity index (χ1) is 13.3. The van der Waals surface area contributed by atoms with Gasteiger partial charge >= 0.3 is 0 Å². The number of hydrogen-bond acceptors (Lipinski definition) is 5. The summed E-state index contributed by atoms with van der Waals surface area (Å²) in [7, 11) is -3.83. The largest absolute Gasteiger partial charge is 0.367 e. The van der Waals surface area contributed by atoms with E-state index in [2.05, 4.69) is 22.1 Å². The van der Waals surface area contributed by atoms with Gasteiger partial charge < -0.3 is 10.2 Å². The summed E-state index contributed by atoms with van der Waals surface area (Å²) in [6, 6.07) is 11.0. The molecule has 8 heteroatoms. The van der Waals surface area contributed by atoms with Crippen LogP contribution in [0.25, 0.3) is 11.0 Å². The highest BCUT2D eigenvalue weighted by molar-refractivity contribution is 7.90. The van der Waals surface area contributed by atoms with Crippen LogP contribution in [-0.4, -0.2) is 43.1 Å². The Balaban J connectivity index is 1.91. The van der Waals surface area contributed by atoms with Gasteiger partial charge in [-0.1, -0.05) is 23.7 Å². The van der Waals surface area contributed by atoms with Crippen molar-refractivity contribution in [3.63, 3.8) is 0 Å². The number of para-hydroxylation sites is 1. The van der Waals surface area contributed by atoms with Crippen molar-refractivity contribution in [3.05, 3.63) is 52.8 Å². The van der Waals surface area contributed by atoms with E-state index in [1.807, 2.05) is 18.2 Å². The lowest BCUT2D eigenvalue weighted by atomic mass is 10.2. The first-order valence-electron chi connectivity index (χ1n) is 9.28. The summed E-state index contributed by atoms with van der Waals surface area (Å²) in [4.78, 5) is 7.11. The molecule has 1 aromatic heterocycles. The maximum atomic E-state index is 13.5. The maximum absolute atomic E-state index is 13.5. The average Bonchev–Trinajstić information content (AvgIpc) is 3.00. The van der Waals surface area contributed by atoms with Gasteiger partial charge in [0.15, 0.2) is 0 Å². The summed E-state index contributed by atoms with van der Waals surface area (Å²) in [5.41, 5.74) is 2.79. The normalized spacial score (nSPS) is 18.0. The molecule has 28 heavy (non-hydrogen) atoms. The fourth-order valence-electron chi connectivity index (χ4n) is 3.85. The number of rotatable bonds is 3. The van der Waals surface area contributed by atoms with Crippen molar-refractivity contribution in [2.24, 2.45) is 0 Å². The predicted octanol–water partition coefficient (Wildman–Crippen LogP) is 3.34. The molecule has 1 aliphatic heterocycles. The van der Waals surface area contributed by atoms with Crippen molar-refractivity contribution in [2.45, 2.75) is 31.7 Å². The molecule has 2 heterocycles. The first-order valence-corrected chi connectivity index (χ1v) is 11.1. The molecule has 0 bridgehead atoms. The van der Waals surface area contributed by atoms with Crippen LogP contribution in [0.15, 0.2) is 41.3 Å². The van der Waals surface area contributed by atoms with Crippen molar-refractivity contribution in [3.8, 4) is 0 Å². The Morgan fingerprint density at radius 2 is 1.93 bits per heavy atom. The number of imidazole rings is 1. The molecule has 0 amide bonds. The first kappa shape index (κ1) is 19.2. The molecule has 6 nitrogen and oxygen atoms in total. The lowest BCUT2D eigenvalue weighted by Gasteiger charge is -2.33. The van der Waals surface area contributed by atoms with Gasteiger partial charge in [-0.2, -0.15) is 0 Å². The summed E-state index contributed by atoms with van der Waals surface area (Å²) < 4.78 is 28.3. The van der Waals surface area contributed by atoms with E-state index in [0.717, 1.165) is 25.3 Å². The molecule has 3 aromatic rings. The van der Waals surface area contributed by atoms with Crippen LogP contribution < -0.4 is 10.2 Å². The molecule has 0 aliphatic carbocycles. The van der Waals surface area contributed by atoms with E-state index in [1.54, 1.807) is 32.0 Å². The van der Waals surface area contributed by atoms with Crippen LogP contribution in [0.2, 0.25) is 5.02 Å². The molecule has 1 atom stereocenters. The standard InChI is InChI=1S/C20H23ClN4O2S/c1-13-12-24(11-10-22-13)17-7-5-8-18-20(17)23-15(3)25(18)28(26,27)19-9-4-6-16(21)14(19)2/h4-9,13,22H,10-12H2,1-3H3. The molecule has 0 spiro atoms. The lowest BCUT2D eigenvalue weighted by Crippen LogP contribution is -2.49. The molecule has 1 unspecified atom stereocenters. The minimum absolute atomic E-state index is 0.198. The number of halogens is 1. The number of fused-ring (bicyclic) bond motifs is 1. The Bertz CT molecular complexity index is 1160. The van der Waals surface area contributed by atoms with E-state index >= 15 is 0 Å². The van der Waals surface area contributed by atoms with Crippen LogP contribution in [0.1, 0.15) is 18.3 Å². The maximum Gasteiger partial charge on any atom is 0.270 e. The molecular weight excluding hydrogens is 396 g/mol. The molecule has 1 N–H and O–H groups in total. The summed E-state index contributed by atoms with van der Waals surface area (Å²) >= 11 is 6.18. The molecule has 1 aliphatic rings. The summed E-state index contributed by atoms with van der Waals surface area (Å²) in [6.07, 6.45) is 0. The third-order valence-electron chi connectivity index (χ3n) is 5.23. The highest BCUT2D eigenvalue weighted by Crippen LogP contribution is 2.32. The van der Waals surface area contributed by atoms with Gasteiger partial charge in [-0.15, -0.1) is 0 Å². The van der Waals surface area contributed by atoms with E-state index < -0.39 is 10.0 Å². The highest BCUT2D eigenvalue weighted by atomic mass is 35.5. The van der Waals surface area contributed by atoms with Gasteiger partial charge in [-0.25, -0.2) is 17.4 Å². The van der Waals surface area contributed by atoms with E-state index in [9.17, 15) is 8.42 Å². The highest BCUT2D eigenvalue weighted by Gasteiger charge is 2.27. The number of nitrogens with zero attached hydrogens (tertiary/aromatic N) is 3. The zero-order valence-corrected chi connectivity index (χ0v) is 17.7. The zero-order valence-electron chi connectivity index (χ0n) is 16.1. The third kappa shape index (κ3) is 3.07.